The van der Waals surface area contributed by atoms with Gasteiger partial charge in [0.1, 0.15) is 0 Å². The third-order valence-electron chi connectivity index (χ3n) is 5.16. The molecule has 2 N–H and O–H groups in total. The number of thiocarbonyl (C=S) groups is 1. The summed E-state index contributed by atoms with van der Waals surface area (Å²) in [6, 6.07) is 7.24. The van der Waals surface area contributed by atoms with Crippen molar-refractivity contribution in [2.75, 3.05) is 32.0 Å². The predicted octanol–water partition coefficient (Wildman–Crippen LogP) is 2.78. The minimum absolute atomic E-state index is 0.794. The van der Waals surface area contributed by atoms with E-state index in [0.717, 1.165) is 29.9 Å². The lowest BCUT2D eigenvalue weighted by Gasteiger charge is -2.36. The molecular formula is C19H32N3S+. The van der Waals surface area contributed by atoms with E-state index in [1.54, 1.807) is 4.90 Å². The van der Waals surface area contributed by atoms with Gasteiger partial charge in [-0.05, 0) is 55.7 Å². The molecule has 1 fully saturated rings. The third-order valence-corrected chi connectivity index (χ3v) is 5.52. The second kappa shape index (κ2) is 8.65. The Morgan fingerprint density at radius 2 is 1.96 bits per heavy atom. The topological polar surface area (TPSA) is 19.7 Å². The Bertz CT molecular complexity index is 521. The summed E-state index contributed by atoms with van der Waals surface area (Å²) < 4.78 is 0. The van der Waals surface area contributed by atoms with Crippen LogP contribution in [-0.4, -0.2) is 42.7 Å². The first-order valence-electron chi connectivity index (χ1n) is 8.96. The molecule has 0 amide bonds. The molecule has 0 spiro atoms. The van der Waals surface area contributed by atoms with E-state index in [1.807, 2.05) is 0 Å². The summed E-state index contributed by atoms with van der Waals surface area (Å²) in [4.78, 5) is 4.02. The molecule has 2 rings (SSSR count). The monoisotopic (exact) mass is 334 g/mol. The molecule has 23 heavy (non-hydrogen) atoms. The summed E-state index contributed by atoms with van der Waals surface area (Å²) in [5.74, 6) is 0. The van der Waals surface area contributed by atoms with E-state index < -0.39 is 0 Å². The first-order chi connectivity index (χ1) is 11.0. The van der Waals surface area contributed by atoms with Crippen molar-refractivity contribution in [1.29, 1.82) is 0 Å². The van der Waals surface area contributed by atoms with Crippen LogP contribution in [-0.2, 0) is 0 Å². The molecule has 1 atom stereocenters. The Morgan fingerprint density at radius 3 is 2.57 bits per heavy atom. The maximum absolute atomic E-state index is 5.61. The van der Waals surface area contributed by atoms with Crippen LogP contribution < -0.4 is 10.2 Å². The number of nitrogens with one attached hydrogen (secondary N) is 2. The van der Waals surface area contributed by atoms with Crippen LogP contribution in [0, 0.1) is 13.8 Å². The van der Waals surface area contributed by atoms with Crippen molar-refractivity contribution in [1.82, 2.24) is 4.90 Å². The fraction of sp³-hybridized carbons (Fsp3) is 0.632. The van der Waals surface area contributed by atoms with Gasteiger partial charge in [0.15, 0.2) is 5.11 Å². The predicted molar refractivity (Wildman–Crippen MR) is 103 cm³/mol. The number of rotatable bonds is 5. The molecule has 0 bridgehead atoms. The number of hydrogen-bond donors (Lipinski definition) is 2. The Morgan fingerprint density at radius 1 is 1.26 bits per heavy atom. The van der Waals surface area contributed by atoms with Crippen LogP contribution in [0.25, 0.3) is 0 Å². The van der Waals surface area contributed by atoms with Gasteiger partial charge in [0.05, 0.1) is 19.6 Å². The molecule has 128 valence electrons. The van der Waals surface area contributed by atoms with E-state index in [4.69, 9.17) is 12.2 Å². The number of nitrogens with zero attached hydrogens (tertiary/aromatic N) is 1. The molecule has 1 unspecified atom stereocenters. The van der Waals surface area contributed by atoms with Gasteiger partial charge >= 0.3 is 0 Å². The van der Waals surface area contributed by atoms with E-state index in [2.05, 4.69) is 56.2 Å². The molecule has 1 aliphatic heterocycles. The normalized spacial score (nSPS) is 17.1. The molecule has 0 saturated carbocycles. The Kier molecular flexibility index (Phi) is 6.85. The van der Waals surface area contributed by atoms with Crippen LogP contribution >= 0.6 is 12.2 Å². The highest BCUT2D eigenvalue weighted by molar-refractivity contribution is 7.80. The summed E-state index contributed by atoms with van der Waals surface area (Å²) in [6.45, 7) is 10.00. The maximum Gasteiger partial charge on any atom is 0.173 e. The van der Waals surface area contributed by atoms with Crippen molar-refractivity contribution in [2.24, 2.45) is 0 Å². The molecule has 3 nitrogen and oxygen atoms in total. The molecule has 4 heteroatoms. The van der Waals surface area contributed by atoms with Gasteiger partial charge in [-0.3, -0.25) is 0 Å². The van der Waals surface area contributed by atoms with Crippen molar-refractivity contribution < 1.29 is 4.90 Å². The lowest BCUT2D eigenvalue weighted by molar-refractivity contribution is -0.907. The average molecular weight is 335 g/mol. The zero-order valence-electron chi connectivity index (χ0n) is 15.1. The summed E-state index contributed by atoms with van der Waals surface area (Å²) in [6.07, 6.45) is 5.10. The van der Waals surface area contributed by atoms with E-state index in [-0.39, 0.29) is 0 Å². The SMILES string of the molecule is CCCC[NH+](C)C1CCN(C(=S)Nc2ccc(C)c(C)c2)CC1. The number of piperidine rings is 1. The maximum atomic E-state index is 5.61. The van der Waals surface area contributed by atoms with Crippen LogP contribution in [0.3, 0.4) is 0 Å². The number of quaternary nitrogens is 1. The number of benzene rings is 1. The summed E-state index contributed by atoms with van der Waals surface area (Å²) in [5, 5.41) is 4.28. The van der Waals surface area contributed by atoms with E-state index >= 15 is 0 Å². The smallest absolute Gasteiger partial charge is 0.173 e. The zero-order chi connectivity index (χ0) is 16.8. The highest BCUT2D eigenvalue weighted by Gasteiger charge is 2.26. The van der Waals surface area contributed by atoms with E-state index in [1.165, 1.54) is 43.4 Å². The average Bonchev–Trinajstić information content (AvgIpc) is 2.56. The van der Waals surface area contributed by atoms with Gasteiger partial charge in [-0.2, -0.15) is 0 Å². The molecule has 1 saturated heterocycles. The minimum atomic E-state index is 0.794. The summed E-state index contributed by atoms with van der Waals surface area (Å²) >= 11 is 5.61. The van der Waals surface area contributed by atoms with Crippen LogP contribution in [0.2, 0.25) is 0 Å². The molecule has 1 aromatic rings. The number of hydrogen-bond acceptors (Lipinski definition) is 1. The third kappa shape index (κ3) is 5.18. The first kappa shape index (κ1) is 18.2. The van der Waals surface area contributed by atoms with Crippen molar-refractivity contribution in [3.05, 3.63) is 29.3 Å². The van der Waals surface area contributed by atoms with Gasteiger partial charge in [0.2, 0.25) is 0 Å². The van der Waals surface area contributed by atoms with Gasteiger partial charge in [0, 0.05) is 31.6 Å². The second-order valence-corrected chi connectivity index (χ2v) is 7.33. The molecule has 0 aliphatic carbocycles. The van der Waals surface area contributed by atoms with Crippen LogP contribution in [0.4, 0.5) is 5.69 Å². The van der Waals surface area contributed by atoms with Gasteiger partial charge in [-0.15, -0.1) is 0 Å². The van der Waals surface area contributed by atoms with E-state index in [9.17, 15) is 0 Å². The van der Waals surface area contributed by atoms with Gasteiger partial charge in [-0.1, -0.05) is 19.4 Å². The fourth-order valence-corrected chi connectivity index (χ4v) is 3.56. The highest BCUT2D eigenvalue weighted by Crippen LogP contribution is 2.16. The minimum Gasteiger partial charge on any atom is -0.349 e. The summed E-state index contributed by atoms with van der Waals surface area (Å²) in [7, 11) is 2.35. The molecule has 0 radical (unpaired) electrons. The molecule has 1 heterocycles. The lowest BCUT2D eigenvalue weighted by Crippen LogP contribution is -3.13. The number of aryl methyl sites for hydroxylation is 2. The zero-order valence-corrected chi connectivity index (χ0v) is 15.9. The first-order valence-corrected chi connectivity index (χ1v) is 9.37. The lowest BCUT2D eigenvalue weighted by atomic mass is 10.0. The van der Waals surface area contributed by atoms with E-state index in [0.29, 0.717) is 0 Å². The van der Waals surface area contributed by atoms with Crippen molar-refractivity contribution in [3.63, 3.8) is 0 Å². The number of likely N-dealkylation sites (tertiary alicyclic amines) is 1. The van der Waals surface area contributed by atoms with Crippen LogP contribution in [0.15, 0.2) is 18.2 Å². The van der Waals surface area contributed by atoms with Crippen LogP contribution in [0.5, 0.6) is 0 Å². The summed E-state index contributed by atoms with van der Waals surface area (Å²) in [5.41, 5.74) is 3.73. The Hall–Kier alpha value is -1.13. The van der Waals surface area contributed by atoms with Crippen molar-refractivity contribution >= 4 is 23.0 Å². The number of anilines is 1. The molecular weight excluding hydrogens is 302 g/mol. The fourth-order valence-electron chi connectivity index (χ4n) is 3.26. The highest BCUT2D eigenvalue weighted by atomic mass is 32.1. The Labute approximate surface area is 147 Å². The molecule has 1 aliphatic rings. The van der Waals surface area contributed by atoms with Gasteiger partial charge in [-0.25, -0.2) is 0 Å². The van der Waals surface area contributed by atoms with Gasteiger partial charge < -0.3 is 15.1 Å². The van der Waals surface area contributed by atoms with Crippen molar-refractivity contribution in [2.45, 2.75) is 52.5 Å². The standard InChI is InChI=1S/C19H31N3S/c1-5-6-11-21(4)18-9-12-22(13-10-18)19(23)20-17-8-7-15(2)16(3)14-17/h7-8,14,18H,5-6,9-13H2,1-4H3,(H,20,23)/p+1. The Balaban J connectivity index is 1.82. The molecule has 1 aromatic carbocycles. The van der Waals surface area contributed by atoms with Crippen molar-refractivity contribution in [3.8, 4) is 0 Å². The van der Waals surface area contributed by atoms with Crippen LogP contribution in [0.1, 0.15) is 43.7 Å². The second-order valence-electron chi connectivity index (χ2n) is 6.94. The largest absolute Gasteiger partial charge is 0.349 e. The quantitative estimate of drug-likeness (QED) is 0.808. The molecule has 0 aromatic heterocycles. The van der Waals surface area contributed by atoms with Gasteiger partial charge in [0.25, 0.3) is 0 Å². The number of unbranched alkanes of at least 4 members (excludes halogenated alkanes) is 1.